The number of sulfone groups is 1. The number of rotatable bonds is 4. The molecule has 0 radical (unpaired) electrons. The van der Waals surface area contributed by atoms with Crippen LogP contribution in [0.15, 0.2) is 89.8 Å². The fraction of sp³-hybridized carbons (Fsp3) is 0.0500. The Hall–Kier alpha value is -2.92. The normalized spacial score (nSPS) is 11.7. The van der Waals surface area contributed by atoms with Gasteiger partial charge in [0.1, 0.15) is 11.7 Å². The van der Waals surface area contributed by atoms with Crippen LogP contribution in [0.4, 0.5) is 0 Å². The number of imidazole rings is 1. The molecule has 0 saturated carbocycles. The molecule has 0 unspecified atom stereocenters. The van der Waals surface area contributed by atoms with Crippen LogP contribution in [0, 0.1) is 0 Å². The minimum absolute atomic E-state index is 0.151. The lowest BCUT2D eigenvalue weighted by Crippen LogP contribution is -2.12. The second-order valence-electron chi connectivity index (χ2n) is 5.78. The van der Waals surface area contributed by atoms with E-state index in [-0.39, 0.29) is 5.88 Å². The number of aromatic nitrogens is 2. The third-order valence-corrected chi connectivity index (χ3v) is 5.68. The van der Waals surface area contributed by atoms with E-state index in [0.29, 0.717) is 10.7 Å². The second kappa shape index (κ2) is 6.18. The van der Waals surface area contributed by atoms with Crippen LogP contribution in [-0.4, -0.2) is 18.0 Å². The van der Waals surface area contributed by atoms with Gasteiger partial charge in [0, 0.05) is 5.56 Å². The van der Waals surface area contributed by atoms with Crippen molar-refractivity contribution in [3.05, 3.63) is 84.9 Å². The molecule has 0 atom stereocenters. The van der Waals surface area contributed by atoms with Crippen molar-refractivity contribution in [2.75, 3.05) is 0 Å². The van der Waals surface area contributed by atoms with Crippen molar-refractivity contribution in [2.24, 2.45) is 0 Å². The van der Waals surface area contributed by atoms with Gasteiger partial charge in [-0.3, -0.25) is 0 Å². The Morgan fingerprint density at radius 2 is 1.36 bits per heavy atom. The lowest BCUT2D eigenvalue weighted by molar-refractivity contribution is 0.586. The molecule has 0 fully saturated rings. The van der Waals surface area contributed by atoms with E-state index in [1.807, 2.05) is 54.6 Å². The van der Waals surface area contributed by atoms with Crippen molar-refractivity contribution in [3.8, 4) is 11.4 Å². The Balaban J connectivity index is 1.89. The van der Waals surface area contributed by atoms with Crippen molar-refractivity contribution in [1.29, 1.82) is 0 Å². The molecular weight excluding hydrogens is 332 g/mol. The van der Waals surface area contributed by atoms with E-state index >= 15 is 0 Å². The summed E-state index contributed by atoms with van der Waals surface area (Å²) in [5, 5.41) is 0. The average Bonchev–Trinajstić information content (AvgIpc) is 3.01. The molecule has 0 aliphatic carbocycles. The third-order valence-electron chi connectivity index (χ3n) is 4.09. The maximum Gasteiger partial charge on any atom is 0.196 e. The smallest absolute Gasteiger partial charge is 0.196 e. The van der Waals surface area contributed by atoms with Crippen molar-refractivity contribution in [3.63, 3.8) is 0 Å². The second-order valence-corrected chi connectivity index (χ2v) is 7.73. The van der Waals surface area contributed by atoms with Crippen LogP contribution in [0.2, 0.25) is 0 Å². The van der Waals surface area contributed by atoms with Gasteiger partial charge in [0.2, 0.25) is 0 Å². The summed E-state index contributed by atoms with van der Waals surface area (Å²) in [6, 6.07) is 25.8. The van der Waals surface area contributed by atoms with Gasteiger partial charge in [-0.15, -0.1) is 0 Å². The van der Waals surface area contributed by atoms with Crippen molar-refractivity contribution >= 4 is 20.9 Å². The summed E-state index contributed by atoms with van der Waals surface area (Å²) in [5.41, 5.74) is 2.48. The Kier molecular flexibility index (Phi) is 3.86. The van der Waals surface area contributed by atoms with Crippen LogP contribution < -0.4 is 0 Å². The maximum atomic E-state index is 12.9. The molecule has 4 nitrogen and oxygen atoms in total. The Morgan fingerprint density at radius 3 is 2.08 bits per heavy atom. The Labute approximate surface area is 146 Å². The first-order valence-electron chi connectivity index (χ1n) is 7.94. The number of para-hydroxylation sites is 2. The molecule has 5 heteroatoms. The quantitative estimate of drug-likeness (QED) is 0.557. The largest absolute Gasteiger partial charge is 0.308 e. The van der Waals surface area contributed by atoms with Crippen molar-refractivity contribution in [1.82, 2.24) is 9.55 Å². The topological polar surface area (TPSA) is 52.0 Å². The molecule has 1 heterocycles. The molecule has 4 aromatic rings. The molecule has 3 aromatic carbocycles. The first-order chi connectivity index (χ1) is 12.1. The van der Waals surface area contributed by atoms with E-state index in [1.165, 1.54) is 0 Å². The third kappa shape index (κ3) is 2.94. The van der Waals surface area contributed by atoms with Crippen LogP contribution in [0.25, 0.3) is 22.4 Å². The predicted molar refractivity (Wildman–Crippen MR) is 98.8 cm³/mol. The molecule has 124 valence electrons. The highest BCUT2D eigenvalue weighted by atomic mass is 32.2. The fourth-order valence-corrected chi connectivity index (χ4v) is 4.21. The molecule has 0 aliphatic rings. The van der Waals surface area contributed by atoms with Gasteiger partial charge < -0.3 is 4.57 Å². The van der Waals surface area contributed by atoms with Crippen LogP contribution >= 0.6 is 0 Å². The predicted octanol–water partition coefficient (Wildman–Crippen LogP) is 4.13. The van der Waals surface area contributed by atoms with Gasteiger partial charge in [-0.1, -0.05) is 60.7 Å². The summed E-state index contributed by atoms with van der Waals surface area (Å²) in [7, 11) is -3.48. The molecule has 0 bridgehead atoms. The van der Waals surface area contributed by atoms with Crippen molar-refractivity contribution in [2.45, 2.75) is 10.8 Å². The highest BCUT2D eigenvalue weighted by Gasteiger charge is 2.20. The first-order valence-corrected chi connectivity index (χ1v) is 9.59. The molecule has 1 aromatic heterocycles. The summed E-state index contributed by atoms with van der Waals surface area (Å²) in [4.78, 5) is 4.97. The summed E-state index contributed by atoms with van der Waals surface area (Å²) >= 11 is 0. The number of hydrogen-bond donors (Lipinski definition) is 0. The van der Waals surface area contributed by atoms with Gasteiger partial charge in [0.25, 0.3) is 0 Å². The molecule has 0 amide bonds. The summed E-state index contributed by atoms with van der Waals surface area (Å²) in [6.07, 6.45) is 0. The summed E-state index contributed by atoms with van der Waals surface area (Å²) in [6.45, 7) is 0. The van der Waals surface area contributed by atoms with Crippen LogP contribution in [0.5, 0.6) is 0 Å². The molecule has 4 rings (SSSR count). The summed E-state index contributed by atoms with van der Waals surface area (Å²) < 4.78 is 27.5. The average molecular weight is 348 g/mol. The van der Waals surface area contributed by atoms with E-state index in [1.54, 1.807) is 34.9 Å². The molecular formula is C20H16N2O2S. The highest BCUT2D eigenvalue weighted by Crippen LogP contribution is 2.26. The van der Waals surface area contributed by atoms with E-state index in [0.717, 1.165) is 16.6 Å². The van der Waals surface area contributed by atoms with Gasteiger partial charge >= 0.3 is 0 Å². The molecule has 0 N–H and O–H groups in total. The highest BCUT2D eigenvalue weighted by molar-refractivity contribution is 7.90. The zero-order valence-corrected chi connectivity index (χ0v) is 14.2. The molecule has 25 heavy (non-hydrogen) atoms. The van der Waals surface area contributed by atoms with Gasteiger partial charge in [-0.25, -0.2) is 13.4 Å². The zero-order chi connectivity index (χ0) is 17.3. The minimum Gasteiger partial charge on any atom is -0.308 e. The first kappa shape index (κ1) is 15.6. The van der Waals surface area contributed by atoms with Crippen LogP contribution in [0.3, 0.4) is 0 Å². The van der Waals surface area contributed by atoms with Gasteiger partial charge in [-0.2, -0.15) is 0 Å². The maximum absolute atomic E-state index is 12.9. The fourth-order valence-electron chi connectivity index (χ4n) is 2.89. The molecule has 0 aliphatic heterocycles. The number of hydrogen-bond acceptors (Lipinski definition) is 3. The number of nitrogens with zero attached hydrogens (tertiary/aromatic N) is 2. The van der Waals surface area contributed by atoms with Gasteiger partial charge in [-0.05, 0) is 24.3 Å². The number of fused-ring (bicyclic) bond motifs is 1. The Bertz CT molecular complexity index is 1120. The standard InChI is InChI=1S/C20H16N2O2S/c23-25(24,17-11-5-2-6-12-17)15-22-19-14-8-7-13-18(19)21-20(22)16-9-3-1-4-10-16/h1-14H,15H2. The summed E-state index contributed by atoms with van der Waals surface area (Å²) in [5.74, 6) is 0.503. The lowest BCUT2D eigenvalue weighted by Gasteiger charge is -2.10. The molecule has 0 saturated heterocycles. The monoisotopic (exact) mass is 348 g/mol. The van der Waals surface area contributed by atoms with Crippen LogP contribution in [-0.2, 0) is 15.7 Å². The molecule has 0 spiro atoms. The lowest BCUT2D eigenvalue weighted by atomic mass is 10.2. The van der Waals surface area contributed by atoms with E-state index in [4.69, 9.17) is 0 Å². The SMILES string of the molecule is O=S(=O)(Cn1c(-c2ccccc2)nc2ccccc21)c1ccccc1. The van der Waals surface area contributed by atoms with E-state index in [9.17, 15) is 8.42 Å². The minimum atomic E-state index is -3.48. The van der Waals surface area contributed by atoms with Crippen LogP contribution in [0.1, 0.15) is 0 Å². The van der Waals surface area contributed by atoms with Crippen molar-refractivity contribution < 1.29 is 8.42 Å². The number of benzene rings is 3. The van der Waals surface area contributed by atoms with Gasteiger partial charge in [0.15, 0.2) is 9.84 Å². The Morgan fingerprint density at radius 1 is 0.760 bits per heavy atom. The van der Waals surface area contributed by atoms with E-state index in [2.05, 4.69) is 4.98 Å². The van der Waals surface area contributed by atoms with Gasteiger partial charge in [0.05, 0.1) is 15.9 Å². The zero-order valence-electron chi connectivity index (χ0n) is 13.4. The van der Waals surface area contributed by atoms with E-state index < -0.39 is 9.84 Å².